The molecule has 1 heterocycles. The largest absolute Gasteiger partial charge is 0.399 e. The Hall–Kier alpha value is -3.14. The van der Waals surface area contributed by atoms with Gasteiger partial charge in [-0.1, -0.05) is 18.2 Å². The Labute approximate surface area is 196 Å². The first-order chi connectivity index (χ1) is 15.6. The quantitative estimate of drug-likeness (QED) is 0.491. The van der Waals surface area contributed by atoms with Gasteiger partial charge < -0.3 is 5.32 Å². The highest BCUT2D eigenvalue weighted by molar-refractivity contribution is 7.92. The van der Waals surface area contributed by atoms with Crippen molar-refractivity contribution in [1.29, 1.82) is 0 Å². The van der Waals surface area contributed by atoms with Gasteiger partial charge in [0.25, 0.3) is 5.91 Å². The zero-order valence-electron chi connectivity index (χ0n) is 19.4. The third kappa shape index (κ3) is 5.49. The number of carbonyl (C=O) groups excluding carboxylic acids is 1. The number of pyridine rings is 1. The maximum Gasteiger partial charge on any atom is 0.399 e. The molecule has 0 aliphatic rings. The molecule has 0 radical (unpaired) electrons. The van der Waals surface area contributed by atoms with Gasteiger partial charge in [-0.05, 0) is 69.2 Å². The van der Waals surface area contributed by atoms with E-state index in [4.69, 9.17) is 0 Å². The van der Waals surface area contributed by atoms with Crippen molar-refractivity contribution in [1.82, 2.24) is 10.3 Å². The Bertz CT molecular complexity index is 1350. The third-order valence-corrected chi connectivity index (χ3v) is 6.28. The average Bonchev–Trinajstić information content (AvgIpc) is 2.72. The van der Waals surface area contributed by atoms with E-state index < -0.39 is 21.6 Å². The highest BCUT2D eigenvalue weighted by atomic mass is 32.2. The summed E-state index contributed by atoms with van der Waals surface area (Å²) in [6.45, 7) is 5.71. The molecule has 1 aromatic heterocycles. The average molecular weight is 494 g/mol. The molecule has 0 spiro atoms. The summed E-state index contributed by atoms with van der Waals surface area (Å²) in [5.74, 6) is -0.356. The summed E-state index contributed by atoms with van der Waals surface area (Å²) in [6.07, 6.45) is -3.37. The second-order valence-corrected chi connectivity index (χ2v) is 10.6. The Morgan fingerprint density at radius 2 is 1.71 bits per heavy atom. The van der Waals surface area contributed by atoms with Crippen molar-refractivity contribution in [3.8, 4) is 0 Å². The van der Waals surface area contributed by atoms with Gasteiger partial charge in [0.2, 0.25) is 10.0 Å². The minimum atomic E-state index is -4.44. The minimum Gasteiger partial charge on any atom is -0.346 e. The monoisotopic (exact) mass is 493 g/mol. The van der Waals surface area contributed by atoms with E-state index in [2.05, 4.69) is 15.0 Å². The predicted octanol–water partition coefficient (Wildman–Crippen LogP) is 5.25. The minimum absolute atomic E-state index is 0.0949. The van der Waals surface area contributed by atoms with Gasteiger partial charge in [-0.15, -0.1) is 0 Å². The summed E-state index contributed by atoms with van der Waals surface area (Å²) in [6, 6.07) is 12.3. The first-order valence-electron chi connectivity index (χ1n) is 10.5. The summed E-state index contributed by atoms with van der Waals surface area (Å²) in [5.41, 5.74) is 0.462. The van der Waals surface area contributed by atoms with Crippen LogP contribution in [-0.2, 0) is 15.4 Å². The fraction of sp³-hybridized carbons (Fsp3) is 0.333. The smallest absolute Gasteiger partial charge is 0.346 e. The number of halogens is 3. The van der Waals surface area contributed by atoms with Crippen LogP contribution in [0.4, 0.5) is 18.9 Å². The second-order valence-electron chi connectivity index (χ2n) is 8.87. The van der Waals surface area contributed by atoms with E-state index >= 15 is 0 Å². The number of benzene rings is 2. The number of aryl methyl sites for hydroxylation is 1. The molecule has 3 rings (SSSR count). The molecule has 1 unspecified atom stereocenters. The van der Waals surface area contributed by atoms with Gasteiger partial charge in [0, 0.05) is 10.9 Å². The summed E-state index contributed by atoms with van der Waals surface area (Å²) in [7, 11) is -3.40. The summed E-state index contributed by atoms with van der Waals surface area (Å²) in [4.78, 5) is 17.0. The van der Waals surface area contributed by atoms with Crippen molar-refractivity contribution in [2.75, 3.05) is 11.0 Å². The number of anilines is 1. The fourth-order valence-corrected chi connectivity index (χ4v) is 4.02. The first-order valence-corrected chi connectivity index (χ1v) is 12.3. The number of aromatic nitrogens is 1. The van der Waals surface area contributed by atoms with Crippen LogP contribution in [-0.4, -0.2) is 31.7 Å². The number of hydrogen-bond acceptors (Lipinski definition) is 4. The Morgan fingerprint density at radius 3 is 2.29 bits per heavy atom. The lowest BCUT2D eigenvalue weighted by molar-refractivity contribution is -0.181. The SMILES string of the molecule is Cc1cc(C(C)NC(=O)c2ccc3nc(C(C)(C)C(F)(F)F)ccc3c2)ccc1NS(C)(=O)=O. The number of rotatable bonds is 6. The standard InChI is InChI=1S/C24H26F3N3O3S/c1-14-12-16(6-9-19(14)30-34(5,32)33)15(2)28-22(31)18-7-10-20-17(13-18)8-11-21(29-20)23(3,4)24(25,26)27/h6-13,15,30H,1-5H3,(H,28,31). The molecule has 0 fully saturated rings. The number of hydrogen-bond donors (Lipinski definition) is 2. The van der Waals surface area contributed by atoms with Gasteiger partial charge in [-0.25, -0.2) is 8.42 Å². The highest BCUT2D eigenvalue weighted by Crippen LogP contribution is 2.40. The molecule has 1 amide bonds. The lowest BCUT2D eigenvalue weighted by atomic mass is 9.87. The van der Waals surface area contributed by atoms with E-state index in [1.54, 1.807) is 38.1 Å². The van der Waals surface area contributed by atoms with Crippen LogP contribution in [0.25, 0.3) is 10.9 Å². The number of fused-ring (bicyclic) bond motifs is 1. The van der Waals surface area contributed by atoms with Gasteiger partial charge in [-0.3, -0.25) is 14.5 Å². The summed E-state index contributed by atoms with van der Waals surface area (Å²) < 4.78 is 65.4. The van der Waals surface area contributed by atoms with Gasteiger partial charge in [-0.2, -0.15) is 13.2 Å². The van der Waals surface area contributed by atoms with Gasteiger partial charge in [0.1, 0.15) is 5.41 Å². The van der Waals surface area contributed by atoms with Crippen molar-refractivity contribution in [2.45, 2.75) is 45.3 Å². The van der Waals surface area contributed by atoms with Gasteiger partial charge in [0.05, 0.1) is 29.2 Å². The van der Waals surface area contributed by atoms with Crippen LogP contribution in [0.1, 0.15) is 54.0 Å². The molecule has 0 aliphatic carbocycles. The van der Waals surface area contributed by atoms with Gasteiger partial charge in [0.15, 0.2) is 0 Å². The molecule has 3 aromatic rings. The number of nitrogens with one attached hydrogen (secondary N) is 2. The second kappa shape index (κ2) is 8.90. The molecule has 1 atom stereocenters. The molecule has 34 heavy (non-hydrogen) atoms. The Morgan fingerprint density at radius 1 is 1.03 bits per heavy atom. The van der Waals surface area contributed by atoms with Crippen molar-refractivity contribution in [2.24, 2.45) is 0 Å². The lowest BCUT2D eigenvalue weighted by Crippen LogP contribution is -2.37. The van der Waals surface area contributed by atoms with E-state index in [0.29, 0.717) is 27.7 Å². The number of sulfonamides is 1. The van der Waals surface area contributed by atoms with Crippen molar-refractivity contribution in [3.63, 3.8) is 0 Å². The van der Waals surface area contributed by atoms with Crippen LogP contribution in [0, 0.1) is 6.92 Å². The predicted molar refractivity (Wildman–Crippen MR) is 126 cm³/mol. The van der Waals surface area contributed by atoms with E-state index in [1.165, 1.54) is 24.3 Å². The van der Waals surface area contributed by atoms with Crippen molar-refractivity contribution < 1.29 is 26.4 Å². The molecule has 2 aromatic carbocycles. The summed E-state index contributed by atoms with van der Waals surface area (Å²) in [5, 5.41) is 3.43. The molecule has 10 heteroatoms. The van der Waals surface area contributed by atoms with Crippen LogP contribution < -0.4 is 10.0 Å². The molecule has 182 valence electrons. The highest BCUT2D eigenvalue weighted by Gasteiger charge is 2.49. The molecule has 6 nitrogen and oxygen atoms in total. The van der Waals surface area contributed by atoms with E-state index in [-0.39, 0.29) is 17.6 Å². The molecular formula is C24H26F3N3O3S. The molecule has 0 saturated heterocycles. The Balaban J connectivity index is 1.79. The maximum absolute atomic E-state index is 13.3. The molecule has 2 N–H and O–H groups in total. The third-order valence-electron chi connectivity index (χ3n) is 5.69. The van der Waals surface area contributed by atoms with Crippen LogP contribution >= 0.6 is 0 Å². The maximum atomic E-state index is 13.3. The molecule has 0 saturated carbocycles. The van der Waals surface area contributed by atoms with E-state index in [9.17, 15) is 26.4 Å². The van der Waals surface area contributed by atoms with Crippen molar-refractivity contribution in [3.05, 3.63) is 70.9 Å². The number of nitrogens with zero attached hydrogens (tertiary/aromatic N) is 1. The fourth-order valence-electron chi connectivity index (χ4n) is 3.39. The lowest BCUT2D eigenvalue weighted by Gasteiger charge is -2.27. The topological polar surface area (TPSA) is 88.2 Å². The van der Waals surface area contributed by atoms with Gasteiger partial charge >= 0.3 is 6.18 Å². The van der Waals surface area contributed by atoms with Crippen LogP contribution in [0.2, 0.25) is 0 Å². The Kier molecular flexibility index (Phi) is 6.67. The number of carbonyl (C=O) groups is 1. The van der Waals surface area contributed by atoms with E-state index in [0.717, 1.165) is 25.7 Å². The van der Waals surface area contributed by atoms with Crippen LogP contribution in [0.3, 0.4) is 0 Å². The number of alkyl halides is 3. The van der Waals surface area contributed by atoms with Crippen molar-refractivity contribution >= 4 is 32.5 Å². The first kappa shape index (κ1) is 25.5. The van der Waals surface area contributed by atoms with Crippen LogP contribution in [0.5, 0.6) is 0 Å². The molecule has 0 bridgehead atoms. The zero-order chi connectivity index (χ0) is 25.5. The molecular weight excluding hydrogens is 467 g/mol. The molecule has 0 aliphatic heterocycles. The number of amides is 1. The van der Waals surface area contributed by atoms with E-state index in [1.807, 2.05) is 0 Å². The van der Waals surface area contributed by atoms with Crippen LogP contribution in [0.15, 0.2) is 48.5 Å². The zero-order valence-corrected chi connectivity index (χ0v) is 20.2. The normalized spacial score (nSPS) is 13.5. The summed E-state index contributed by atoms with van der Waals surface area (Å²) >= 11 is 0.